The van der Waals surface area contributed by atoms with Crippen molar-refractivity contribution in [2.75, 3.05) is 5.32 Å². The van der Waals surface area contributed by atoms with Crippen molar-refractivity contribution in [3.05, 3.63) is 46.3 Å². The highest BCUT2D eigenvalue weighted by molar-refractivity contribution is 6.35. The van der Waals surface area contributed by atoms with Crippen LogP contribution in [0.3, 0.4) is 0 Å². The molecule has 1 amide bonds. The van der Waals surface area contributed by atoms with Crippen molar-refractivity contribution in [2.45, 2.75) is 31.8 Å². The van der Waals surface area contributed by atoms with Gasteiger partial charge in [-0.3, -0.25) is 4.79 Å². The minimum Gasteiger partial charge on any atom is -0.477 e. The Hall–Kier alpha value is -2.38. The van der Waals surface area contributed by atoms with Crippen LogP contribution in [0.4, 0.5) is 5.69 Å². The van der Waals surface area contributed by atoms with Gasteiger partial charge in [0.05, 0.1) is 16.9 Å². The van der Waals surface area contributed by atoms with Gasteiger partial charge in [-0.05, 0) is 43.9 Å². The van der Waals surface area contributed by atoms with E-state index in [9.17, 15) is 9.59 Å². The molecule has 27 heavy (non-hydrogen) atoms. The lowest BCUT2D eigenvalue weighted by atomic mass is 9.86. The van der Waals surface area contributed by atoms with Crippen molar-refractivity contribution >= 4 is 40.8 Å². The zero-order valence-corrected chi connectivity index (χ0v) is 15.7. The number of aromatic nitrogens is 2. The van der Waals surface area contributed by atoms with E-state index in [2.05, 4.69) is 15.3 Å². The molecule has 3 rings (SSSR count). The molecule has 0 unspecified atom stereocenters. The quantitative estimate of drug-likeness (QED) is 0.771. The fourth-order valence-corrected chi connectivity index (χ4v) is 3.35. The standard InChI is InChI=1S/C18H17Cl2N3O4/c19-11-7-14(20)17(22-8-11)27-13-4-1-10(2-5-13)16(24)23-12-3-6-15(18(25)26)21-9-12/h3,6-10,13H,1-2,4-5H2,(H,23,24)(H,25,26). The summed E-state index contributed by atoms with van der Waals surface area (Å²) in [5.41, 5.74) is 0.403. The number of anilines is 1. The van der Waals surface area contributed by atoms with E-state index >= 15 is 0 Å². The smallest absolute Gasteiger partial charge is 0.354 e. The third-order valence-corrected chi connectivity index (χ3v) is 4.82. The van der Waals surface area contributed by atoms with Crippen molar-refractivity contribution in [1.82, 2.24) is 9.97 Å². The average molecular weight is 410 g/mol. The molecule has 0 radical (unpaired) electrons. The largest absolute Gasteiger partial charge is 0.477 e. The van der Waals surface area contributed by atoms with Crippen molar-refractivity contribution in [3.63, 3.8) is 0 Å². The van der Waals surface area contributed by atoms with E-state index in [4.69, 9.17) is 33.0 Å². The number of rotatable bonds is 5. The van der Waals surface area contributed by atoms with Crippen LogP contribution in [-0.4, -0.2) is 33.1 Å². The van der Waals surface area contributed by atoms with Crippen LogP contribution in [0.5, 0.6) is 5.88 Å². The van der Waals surface area contributed by atoms with E-state index in [0.29, 0.717) is 47.3 Å². The SMILES string of the molecule is O=C(O)c1ccc(NC(=O)C2CCC(Oc3ncc(Cl)cc3Cl)CC2)cn1. The summed E-state index contributed by atoms with van der Waals surface area (Å²) >= 11 is 11.9. The molecule has 1 fully saturated rings. The number of ether oxygens (including phenoxy) is 1. The van der Waals surface area contributed by atoms with Crippen LogP contribution in [-0.2, 0) is 4.79 Å². The molecule has 2 N–H and O–H groups in total. The molecule has 7 nitrogen and oxygen atoms in total. The topological polar surface area (TPSA) is 101 Å². The number of carbonyl (C=O) groups is 2. The Kier molecular flexibility index (Phi) is 6.13. The number of nitrogens with one attached hydrogen (secondary N) is 1. The predicted octanol–water partition coefficient (Wildman–Crippen LogP) is 4.06. The zero-order valence-electron chi connectivity index (χ0n) is 14.2. The van der Waals surface area contributed by atoms with Crippen LogP contribution < -0.4 is 10.1 Å². The van der Waals surface area contributed by atoms with Crippen LogP contribution >= 0.6 is 23.2 Å². The Morgan fingerprint density at radius 2 is 1.85 bits per heavy atom. The number of hydrogen-bond donors (Lipinski definition) is 2. The van der Waals surface area contributed by atoms with Crippen molar-refractivity contribution in [2.24, 2.45) is 5.92 Å². The molecular formula is C18H17Cl2N3O4. The van der Waals surface area contributed by atoms with Gasteiger partial charge in [0.1, 0.15) is 16.8 Å². The average Bonchev–Trinajstić information content (AvgIpc) is 2.65. The number of amides is 1. The second-order valence-electron chi connectivity index (χ2n) is 6.26. The summed E-state index contributed by atoms with van der Waals surface area (Å²) in [6.07, 6.45) is 5.50. The molecule has 0 saturated heterocycles. The van der Waals surface area contributed by atoms with Crippen LogP contribution in [0.1, 0.15) is 36.2 Å². The van der Waals surface area contributed by atoms with Crippen molar-refractivity contribution in [3.8, 4) is 5.88 Å². The molecule has 1 aliphatic carbocycles. The van der Waals surface area contributed by atoms with E-state index in [1.54, 1.807) is 6.07 Å². The maximum atomic E-state index is 12.4. The highest BCUT2D eigenvalue weighted by atomic mass is 35.5. The summed E-state index contributed by atoms with van der Waals surface area (Å²) in [6.45, 7) is 0. The molecule has 0 spiro atoms. The minimum absolute atomic E-state index is 0.0586. The second-order valence-corrected chi connectivity index (χ2v) is 7.10. The van der Waals surface area contributed by atoms with Gasteiger partial charge in [0, 0.05) is 12.1 Å². The number of aromatic carboxylic acids is 1. The van der Waals surface area contributed by atoms with Gasteiger partial charge in [0.15, 0.2) is 0 Å². The molecule has 9 heteroatoms. The first-order chi connectivity index (χ1) is 12.9. The molecule has 2 aromatic rings. The Morgan fingerprint density at radius 3 is 2.44 bits per heavy atom. The highest BCUT2D eigenvalue weighted by Gasteiger charge is 2.28. The Labute approximate surface area is 165 Å². The van der Waals surface area contributed by atoms with Gasteiger partial charge in [-0.2, -0.15) is 0 Å². The van der Waals surface area contributed by atoms with Gasteiger partial charge in [-0.15, -0.1) is 0 Å². The summed E-state index contributed by atoms with van der Waals surface area (Å²) in [4.78, 5) is 31.1. The molecule has 2 aromatic heterocycles. The van der Waals surface area contributed by atoms with E-state index in [0.717, 1.165) is 0 Å². The van der Waals surface area contributed by atoms with Crippen molar-refractivity contribution < 1.29 is 19.4 Å². The first-order valence-electron chi connectivity index (χ1n) is 8.40. The molecule has 0 aliphatic heterocycles. The van der Waals surface area contributed by atoms with E-state index in [1.165, 1.54) is 24.5 Å². The fourth-order valence-electron chi connectivity index (χ4n) is 2.93. The van der Waals surface area contributed by atoms with Crippen LogP contribution in [0, 0.1) is 5.92 Å². The van der Waals surface area contributed by atoms with Gasteiger partial charge < -0.3 is 15.2 Å². The lowest BCUT2D eigenvalue weighted by molar-refractivity contribution is -0.121. The Morgan fingerprint density at radius 1 is 1.11 bits per heavy atom. The number of pyridine rings is 2. The van der Waals surface area contributed by atoms with Crippen LogP contribution in [0.15, 0.2) is 30.6 Å². The molecule has 0 aromatic carbocycles. The molecule has 2 heterocycles. The molecule has 1 saturated carbocycles. The number of nitrogens with zero attached hydrogens (tertiary/aromatic N) is 2. The summed E-state index contributed by atoms with van der Waals surface area (Å²) in [5, 5.41) is 12.4. The highest BCUT2D eigenvalue weighted by Crippen LogP contribution is 2.31. The molecule has 0 atom stereocenters. The van der Waals surface area contributed by atoms with Crippen LogP contribution in [0.2, 0.25) is 10.0 Å². The lowest BCUT2D eigenvalue weighted by Crippen LogP contribution is -2.31. The summed E-state index contributed by atoms with van der Waals surface area (Å²) in [7, 11) is 0. The van der Waals surface area contributed by atoms with Crippen LogP contribution in [0.25, 0.3) is 0 Å². The van der Waals surface area contributed by atoms with E-state index < -0.39 is 5.97 Å². The number of halogens is 2. The van der Waals surface area contributed by atoms with E-state index in [-0.39, 0.29) is 23.6 Å². The number of carbonyl (C=O) groups excluding carboxylic acids is 1. The maximum absolute atomic E-state index is 12.4. The molecular weight excluding hydrogens is 393 g/mol. The molecule has 142 valence electrons. The van der Waals surface area contributed by atoms with Gasteiger partial charge >= 0.3 is 5.97 Å². The van der Waals surface area contributed by atoms with Gasteiger partial charge in [-0.1, -0.05) is 23.2 Å². The first-order valence-corrected chi connectivity index (χ1v) is 9.16. The lowest BCUT2D eigenvalue weighted by Gasteiger charge is -2.28. The van der Waals surface area contributed by atoms with Crippen molar-refractivity contribution in [1.29, 1.82) is 0 Å². The predicted molar refractivity (Wildman–Crippen MR) is 100 cm³/mol. The second kappa shape index (κ2) is 8.54. The summed E-state index contributed by atoms with van der Waals surface area (Å²) in [5.74, 6) is -1.02. The molecule has 0 bridgehead atoms. The summed E-state index contributed by atoms with van der Waals surface area (Å²) in [6, 6.07) is 4.46. The normalized spacial score (nSPS) is 19.3. The monoisotopic (exact) mass is 409 g/mol. The first kappa shape index (κ1) is 19.4. The van der Waals surface area contributed by atoms with Gasteiger partial charge in [-0.25, -0.2) is 14.8 Å². The third-order valence-electron chi connectivity index (χ3n) is 4.35. The Bertz CT molecular complexity index is 837. The van der Waals surface area contributed by atoms with Gasteiger partial charge in [0.25, 0.3) is 0 Å². The number of carboxylic acids is 1. The summed E-state index contributed by atoms with van der Waals surface area (Å²) < 4.78 is 5.82. The zero-order chi connectivity index (χ0) is 19.4. The third kappa shape index (κ3) is 5.08. The van der Waals surface area contributed by atoms with E-state index in [1.807, 2.05) is 0 Å². The fraction of sp³-hybridized carbons (Fsp3) is 0.333. The molecule has 1 aliphatic rings. The number of carboxylic acid groups (broad SMARTS) is 1. The Balaban J connectivity index is 1.50. The maximum Gasteiger partial charge on any atom is 0.354 e. The van der Waals surface area contributed by atoms with Gasteiger partial charge in [0.2, 0.25) is 11.8 Å². The minimum atomic E-state index is -1.11. The number of hydrogen-bond acceptors (Lipinski definition) is 5.